The van der Waals surface area contributed by atoms with E-state index in [1.807, 2.05) is 27.7 Å². The summed E-state index contributed by atoms with van der Waals surface area (Å²) in [7, 11) is 0. The van der Waals surface area contributed by atoms with E-state index >= 15 is 0 Å². The van der Waals surface area contributed by atoms with E-state index in [1.165, 1.54) is 12.1 Å². The van der Waals surface area contributed by atoms with Gasteiger partial charge in [0.05, 0.1) is 5.56 Å². The summed E-state index contributed by atoms with van der Waals surface area (Å²) >= 11 is 0. The Labute approximate surface area is 85.2 Å². The fourth-order valence-electron chi connectivity index (χ4n) is 0.981. The van der Waals surface area contributed by atoms with Gasteiger partial charge in [0, 0.05) is 0 Å². The Hall–Kier alpha value is -1.36. The lowest BCUT2D eigenvalue weighted by Gasteiger charge is -2.04. The van der Waals surface area contributed by atoms with Gasteiger partial charge in [-0.1, -0.05) is 33.8 Å². The zero-order valence-electron chi connectivity index (χ0n) is 9.13. The summed E-state index contributed by atoms with van der Waals surface area (Å²) in [6.07, 6.45) is 0. The van der Waals surface area contributed by atoms with Crippen LogP contribution in [0.2, 0.25) is 0 Å². The number of hydrogen-bond acceptors (Lipinski definition) is 1. The summed E-state index contributed by atoms with van der Waals surface area (Å²) in [4.78, 5) is 0. The molecule has 14 heavy (non-hydrogen) atoms. The zero-order valence-corrected chi connectivity index (χ0v) is 9.13. The van der Waals surface area contributed by atoms with Crippen molar-refractivity contribution in [2.24, 2.45) is 0 Å². The van der Waals surface area contributed by atoms with E-state index in [9.17, 15) is 4.39 Å². The van der Waals surface area contributed by atoms with E-state index in [0.717, 1.165) is 5.56 Å². The van der Waals surface area contributed by atoms with E-state index in [1.54, 1.807) is 12.1 Å². The van der Waals surface area contributed by atoms with Gasteiger partial charge in [0.25, 0.3) is 0 Å². The molecule has 1 nitrogen and oxygen atoms in total. The quantitative estimate of drug-likeness (QED) is 0.664. The summed E-state index contributed by atoms with van der Waals surface area (Å²) < 4.78 is 13.0. The number of benzene rings is 1. The monoisotopic (exact) mass is 193 g/mol. The van der Waals surface area contributed by atoms with Crippen molar-refractivity contribution in [1.29, 1.82) is 5.26 Å². The molecule has 0 amide bonds. The van der Waals surface area contributed by atoms with Crippen molar-refractivity contribution >= 4 is 0 Å². The fraction of sp³-hybridized carbons (Fsp3) is 0.417. The van der Waals surface area contributed by atoms with Crippen molar-refractivity contribution < 1.29 is 4.39 Å². The molecule has 1 aromatic rings. The van der Waals surface area contributed by atoms with Crippen molar-refractivity contribution in [1.82, 2.24) is 0 Å². The lowest BCUT2D eigenvalue weighted by molar-refractivity contribution is 0.619. The summed E-state index contributed by atoms with van der Waals surface area (Å²) in [5.41, 5.74) is 1.03. The SMILES string of the molecule is CC.CC(C)c1ccc(C#N)c(F)c1. The molecule has 0 atom stereocenters. The third-order valence-corrected chi connectivity index (χ3v) is 1.78. The number of halogens is 1. The van der Waals surface area contributed by atoms with Gasteiger partial charge < -0.3 is 0 Å². The molecule has 0 saturated heterocycles. The zero-order chi connectivity index (χ0) is 11.1. The van der Waals surface area contributed by atoms with Crippen LogP contribution in [0, 0.1) is 17.1 Å². The second-order valence-corrected chi connectivity index (χ2v) is 3.01. The highest BCUT2D eigenvalue weighted by Crippen LogP contribution is 2.17. The molecule has 0 saturated carbocycles. The largest absolute Gasteiger partial charge is 0.206 e. The fourth-order valence-corrected chi connectivity index (χ4v) is 0.981. The van der Waals surface area contributed by atoms with Crippen molar-refractivity contribution in [3.8, 4) is 6.07 Å². The Kier molecular flexibility index (Phi) is 5.55. The number of rotatable bonds is 1. The maximum Gasteiger partial charge on any atom is 0.141 e. The predicted octanol–water partition coefficient (Wildman–Crippen LogP) is 3.85. The molecule has 0 N–H and O–H groups in total. The molecule has 1 aromatic carbocycles. The van der Waals surface area contributed by atoms with E-state index in [4.69, 9.17) is 5.26 Å². The molecule has 76 valence electrons. The first-order chi connectivity index (χ1) is 6.65. The first-order valence-corrected chi connectivity index (χ1v) is 4.84. The van der Waals surface area contributed by atoms with Gasteiger partial charge >= 0.3 is 0 Å². The highest BCUT2D eigenvalue weighted by atomic mass is 19.1. The number of nitrogens with zero attached hydrogens (tertiary/aromatic N) is 1. The maximum absolute atomic E-state index is 13.0. The van der Waals surface area contributed by atoms with E-state index in [2.05, 4.69) is 0 Å². The van der Waals surface area contributed by atoms with Gasteiger partial charge in [-0.05, 0) is 23.6 Å². The molecular formula is C12H16FN. The van der Waals surface area contributed by atoms with Gasteiger partial charge in [-0.15, -0.1) is 0 Å². The minimum Gasteiger partial charge on any atom is -0.206 e. The molecule has 0 aliphatic rings. The third kappa shape index (κ3) is 3.18. The number of hydrogen-bond donors (Lipinski definition) is 0. The van der Waals surface area contributed by atoms with E-state index in [-0.39, 0.29) is 5.56 Å². The predicted molar refractivity (Wildman–Crippen MR) is 56.6 cm³/mol. The van der Waals surface area contributed by atoms with Crippen LogP contribution in [-0.4, -0.2) is 0 Å². The third-order valence-electron chi connectivity index (χ3n) is 1.78. The van der Waals surface area contributed by atoms with Crippen LogP contribution in [0.1, 0.15) is 44.7 Å². The molecule has 0 unspecified atom stereocenters. The van der Waals surface area contributed by atoms with Crippen LogP contribution in [0.5, 0.6) is 0 Å². The second-order valence-electron chi connectivity index (χ2n) is 3.01. The van der Waals surface area contributed by atoms with E-state index in [0.29, 0.717) is 5.92 Å². The Morgan fingerprint density at radius 3 is 2.21 bits per heavy atom. The molecule has 0 spiro atoms. The van der Waals surface area contributed by atoms with Crippen LogP contribution in [0.15, 0.2) is 18.2 Å². The molecule has 0 aliphatic heterocycles. The van der Waals surface area contributed by atoms with Crippen molar-refractivity contribution in [2.75, 3.05) is 0 Å². The van der Waals surface area contributed by atoms with Crippen LogP contribution >= 0.6 is 0 Å². The summed E-state index contributed by atoms with van der Waals surface area (Å²) in [6.45, 7) is 7.97. The minimum atomic E-state index is -0.427. The van der Waals surface area contributed by atoms with Gasteiger partial charge in [-0.25, -0.2) is 4.39 Å². The molecule has 0 radical (unpaired) electrons. The summed E-state index contributed by atoms with van der Waals surface area (Å²) in [5.74, 6) is -0.129. The lowest BCUT2D eigenvalue weighted by Crippen LogP contribution is -1.90. The summed E-state index contributed by atoms with van der Waals surface area (Å²) in [6, 6.07) is 6.51. The van der Waals surface area contributed by atoms with Crippen LogP contribution in [0.25, 0.3) is 0 Å². The molecule has 0 fully saturated rings. The first-order valence-electron chi connectivity index (χ1n) is 4.84. The standard InChI is InChI=1S/C10H10FN.C2H6/c1-7(2)8-3-4-9(6-12)10(11)5-8;1-2/h3-5,7H,1-2H3;1-2H3. The van der Waals surface area contributed by atoms with Crippen LogP contribution in [0.4, 0.5) is 4.39 Å². The van der Waals surface area contributed by atoms with Crippen LogP contribution in [-0.2, 0) is 0 Å². The molecule has 0 heterocycles. The van der Waals surface area contributed by atoms with Crippen molar-refractivity contribution in [3.63, 3.8) is 0 Å². The topological polar surface area (TPSA) is 23.8 Å². The van der Waals surface area contributed by atoms with Gasteiger partial charge in [0.1, 0.15) is 11.9 Å². The summed E-state index contributed by atoms with van der Waals surface area (Å²) in [5, 5.41) is 8.46. The highest BCUT2D eigenvalue weighted by molar-refractivity contribution is 5.34. The number of nitriles is 1. The molecule has 1 rings (SSSR count). The Morgan fingerprint density at radius 1 is 1.29 bits per heavy atom. The van der Waals surface area contributed by atoms with E-state index < -0.39 is 5.82 Å². The second kappa shape index (κ2) is 6.15. The molecular weight excluding hydrogens is 177 g/mol. The Balaban J connectivity index is 0.000000791. The lowest BCUT2D eigenvalue weighted by atomic mass is 10.0. The molecule has 0 bridgehead atoms. The molecule has 2 heteroatoms. The van der Waals surface area contributed by atoms with Gasteiger partial charge in [-0.2, -0.15) is 5.26 Å². The van der Waals surface area contributed by atoms with Gasteiger partial charge in [0.2, 0.25) is 0 Å². The van der Waals surface area contributed by atoms with Gasteiger partial charge in [0.15, 0.2) is 0 Å². The normalized spacial score (nSPS) is 8.93. The molecule has 0 aliphatic carbocycles. The Morgan fingerprint density at radius 2 is 1.86 bits per heavy atom. The van der Waals surface area contributed by atoms with Crippen LogP contribution in [0.3, 0.4) is 0 Å². The smallest absolute Gasteiger partial charge is 0.141 e. The van der Waals surface area contributed by atoms with Crippen molar-refractivity contribution in [3.05, 3.63) is 35.1 Å². The van der Waals surface area contributed by atoms with Crippen LogP contribution < -0.4 is 0 Å². The maximum atomic E-state index is 13.0. The first kappa shape index (κ1) is 12.6. The average Bonchev–Trinajstić information content (AvgIpc) is 2.20. The minimum absolute atomic E-state index is 0.111. The Bertz CT molecular complexity index is 324. The van der Waals surface area contributed by atoms with Crippen molar-refractivity contribution in [2.45, 2.75) is 33.6 Å². The molecule has 0 aromatic heterocycles. The average molecular weight is 193 g/mol. The van der Waals surface area contributed by atoms with Gasteiger partial charge in [-0.3, -0.25) is 0 Å². The highest BCUT2D eigenvalue weighted by Gasteiger charge is 2.04.